The molecule has 8 heteroatoms. The van der Waals surface area contributed by atoms with Crippen molar-refractivity contribution in [1.29, 1.82) is 0 Å². The maximum Gasteiger partial charge on any atom is 0.435 e. The number of H-pyrrole nitrogens is 1. The molecule has 134 valence electrons. The maximum absolute atomic E-state index is 13.3. The molecule has 0 spiro atoms. The molecule has 0 aliphatic rings. The van der Waals surface area contributed by atoms with Gasteiger partial charge in [0.25, 0.3) is 5.56 Å². The summed E-state index contributed by atoms with van der Waals surface area (Å²) in [5, 5.41) is 9.60. The van der Waals surface area contributed by atoms with E-state index >= 15 is 0 Å². The number of azo groups is 1. The average Bonchev–Trinajstić information content (AvgIpc) is 2.94. The fourth-order valence-corrected chi connectivity index (χ4v) is 2.43. The Bertz CT molecular complexity index is 1020. The molecule has 2 aromatic carbocycles. The molecular formula is C18H15F3N4O. The number of alkyl halides is 3. The first kappa shape index (κ1) is 17.7. The SMILES string of the molecule is Cc1cccc(N=Nc2c(C(F)(F)F)[nH]n(-c3ccccc3)c2=O)c1C. The summed E-state index contributed by atoms with van der Waals surface area (Å²) < 4.78 is 40.8. The molecule has 0 saturated heterocycles. The molecule has 0 atom stereocenters. The number of aromatic nitrogens is 2. The van der Waals surface area contributed by atoms with Gasteiger partial charge in [0.05, 0.1) is 11.4 Å². The Kier molecular flexibility index (Phi) is 4.50. The van der Waals surface area contributed by atoms with Crippen molar-refractivity contribution in [2.75, 3.05) is 0 Å². The van der Waals surface area contributed by atoms with Crippen molar-refractivity contribution in [2.24, 2.45) is 10.2 Å². The lowest BCUT2D eigenvalue weighted by atomic mass is 10.1. The van der Waals surface area contributed by atoms with Crippen LogP contribution in [0.5, 0.6) is 0 Å². The average molecular weight is 360 g/mol. The van der Waals surface area contributed by atoms with E-state index in [1.54, 1.807) is 37.3 Å². The number of halogens is 3. The number of nitrogens with zero attached hydrogens (tertiary/aromatic N) is 3. The molecule has 5 nitrogen and oxygen atoms in total. The third kappa shape index (κ3) is 3.30. The fourth-order valence-electron chi connectivity index (χ4n) is 2.43. The summed E-state index contributed by atoms with van der Waals surface area (Å²) in [6, 6.07) is 13.2. The zero-order valence-electron chi connectivity index (χ0n) is 14.0. The van der Waals surface area contributed by atoms with Gasteiger partial charge in [0.15, 0.2) is 11.4 Å². The Balaban J connectivity index is 2.14. The molecule has 0 radical (unpaired) electrons. The second-order valence-electron chi connectivity index (χ2n) is 5.73. The molecule has 1 N–H and O–H groups in total. The van der Waals surface area contributed by atoms with E-state index in [0.29, 0.717) is 5.69 Å². The number of para-hydroxylation sites is 1. The van der Waals surface area contributed by atoms with Crippen LogP contribution in [0.1, 0.15) is 16.8 Å². The van der Waals surface area contributed by atoms with Crippen molar-refractivity contribution in [3.8, 4) is 5.69 Å². The van der Waals surface area contributed by atoms with Crippen molar-refractivity contribution in [2.45, 2.75) is 20.0 Å². The molecule has 0 unspecified atom stereocenters. The molecule has 0 aliphatic carbocycles. The third-order valence-corrected chi connectivity index (χ3v) is 4.00. The molecule has 0 saturated carbocycles. The smallest absolute Gasteiger partial charge is 0.284 e. The fraction of sp³-hybridized carbons (Fsp3) is 0.167. The highest BCUT2D eigenvalue weighted by Crippen LogP contribution is 2.34. The van der Waals surface area contributed by atoms with Crippen LogP contribution in [-0.2, 0) is 6.18 Å². The Morgan fingerprint density at radius 3 is 2.31 bits per heavy atom. The van der Waals surface area contributed by atoms with Gasteiger partial charge in [0.1, 0.15) is 0 Å². The first-order valence-electron chi connectivity index (χ1n) is 7.74. The number of benzene rings is 2. The highest BCUT2D eigenvalue weighted by Gasteiger charge is 2.38. The van der Waals surface area contributed by atoms with Crippen LogP contribution >= 0.6 is 0 Å². The predicted octanol–water partition coefficient (Wildman–Crippen LogP) is 5.22. The summed E-state index contributed by atoms with van der Waals surface area (Å²) in [5.41, 5.74) is -0.543. The lowest BCUT2D eigenvalue weighted by Crippen LogP contribution is -2.13. The van der Waals surface area contributed by atoms with Gasteiger partial charge in [0, 0.05) is 0 Å². The van der Waals surface area contributed by atoms with Crippen molar-refractivity contribution in [3.05, 3.63) is 75.7 Å². The standard InChI is InChI=1S/C18H15F3N4O/c1-11-7-6-10-14(12(11)2)22-23-15-16(18(19,20)21)24-25(17(15)26)13-8-4-3-5-9-13/h3-10,24H,1-2H3. The van der Waals surface area contributed by atoms with Gasteiger partial charge in [-0.25, -0.2) is 4.68 Å². The van der Waals surface area contributed by atoms with Crippen LogP contribution in [0.2, 0.25) is 0 Å². The Labute approximate surface area is 146 Å². The molecule has 1 heterocycles. The summed E-state index contributed by atoms with van der Waals surface area (Å²) in [5.74, 6) is 0. The molecule has 3 rings (SSSR count). The number of rotatable bonds is 3. The van der Waals surface area contributed by atoms with Gasteiger partial charge in [-0.1, -0.05) is 30.3 Å². The Hall–Kier alpha value is -3.16. The second-order valence-corrected chi connectivity index (χ2v) is 5.73. The van der Waals surface area contributed by atoms with E-state index < -0.39 is 23.1 Å². The van der Waals surface area contributed by atoms with Crippen molar-refractivity contribution >= 4 is 11.4 Å². The molecule has 3 aromatic rings. The molecule has 0 amide bonds. The summed E-state index contributed by atoms with van der Waals surface area (Å²) >= 11 is 0. The molecule has 1 aromatic heterocycles. The molecular weight excluding hydrogens is 345 g/mol. The number of aromatic amines is 1. The predicted molar refractivity (Wildman–Crippen MR) is 91.5 cm³/mol. The third-order valence-electron chi connectivity index (χ3n) is 4.00. The summed E-state index contributed by atoms with van der Waals surface area (Å²) in [6.07, 6.45) is -4.77. The zero-order valence-corrected chi connectivity index (χ0v) is 14.0. The number of hydrogen-bond acceptors (Lipinski definition) is 3. The Morgan fingerprint density at radius 2 is 1.65 bits per heavy atom. The van der Waals surface area contributed by atoms with Gasteiger partial charge < -0.3 is 0 Å². The van der Waals surface area contributed by atoms with Crippen LogP contribution in [0.3, 0.4) is 0 Å². The van der Waals surface area contributed by atoms with E-state index in [9.17, 15) is 18.0 Å². The van der Waals surface area contributed by atoms with Crippen LogP contribution < -0.4 is 5.56 Å². The lowest BCUT2D eigenvalue weighted by molar-refractivity contribution is -0.140. The van der Waals surface area contributed by atoms with Gasteiger partial charge in [0.2, 0.25) is 0 Å². The summed E-state index contributed by atoms with van der Waals surface area (Å²) in [4.78, 5) is 12.5. The van der Waals surface area contributed by atoms with Crippen LogP contribution in [0.15, 0.2) is 63.6 Å². The summed E-state index contributed by atoms with van der Waals surface area (Å²) in [6.45, 7) is 3.64. The minimum absolute atomic E-state index is 0.274. The van der Waals surface area contributed by atoms with E-state index in [4.69, 9.17) is 0 Å². The Morgan fingerprint density at radius 1 is 0.962 bits per heavy atom. The van der Waals surface area contributed by atoms with Gasteiger partial charge in [-0.05, 0) is 43.2 Å². The first-order valence-corrected chi connectivity index (χ1v) is 7.74. The minimum Gasteiger partial charge on any atom is -0.284 e. The monoisotopic (exact) mass is 360 g/mol. The van der Waals surface area contributed by atoms with E-state index in [1.807, 2.05) is 13.0 Å². The maximum atomic E-state index is 13.3. The van der Waals surface area contributed by atoms with Crippen molar-refractivity contribution in [3.63, 3.8) is 0 Å². The molecule has 0 bridgehead atoms. The number of nitrogens with one attached hydrogen (secondary N) is 1. The highest BCUT2D eigenvalue weighted by molar-refractivity contribution is 5.50. The van der Waals surface area contributed by atoms with Gasteiger partial charge in [-0.2, -0.15) is 18.3 Å². The van der Waals surface area contributed by atoms with E-state index in [-0.39, 0.29) is 5.69 Å². The number of aryl methyl sites for hydroxylation is 1. The number of hydrogen-bond donors (Lipinski definition) is 1. The highest BCUT2D eigenvalue weighted by atomic mass is 19.4. The zero-order chi connectivity index (χ0) is 18.9. The lowest BCUT2D eigenvalue weighted by Gasteiger charge is -2.04. The summed E-state index contributed by atoms with van der Waals surface area (Å²) in [7, 11) is 0. The first-order chi connectivity index (χ1) is 12.3. The van der Waals surface area contributed by atoms with Crippen molar-refractivity contribution in [1.82, 2.24) is 9.78 Å². The van der Waals surface area contributed by atoms with E-state index in [2.05, 4.69) is 15.3 Å². The van der Waals surface area contributed by atoms with Gasteiger partial charge in [-0.15, -0.1) is 5.11 Å². The van der Waals surface area contributed by atoms with Crippen LogP contribution in [0.25, 0.3) is 5.69 Å². The molecule has 0 fully saturated rings. The van der Waals surface area contributed by atoms with Gasteiger partial charge >= 0.3 is 6.18 Å². The molecule has 0 aliphatic heterocycles. The normalized spacial score (nSPS) is 12.0. The topological polar surface area (TPSA) is 62.5 Å². The van der Waals surface area contributed by atoms with Crippen molar-refractivity contribution < 1.29 is 13.2 Å². The van der Waals surface area contributed by atoms with E-state index in [0.717, 1.165) is 15.8 Å². The second kappa shape index (κ2) is 6.62. The van der Waals surface area contributed by atoms with Crippen LogP contribution in [-0.4, -0.2) is 9.78 Å². The van der Waals surface area contributed by atoms with Crippen LogP contribution in [0.4, 0.5) is 24.5 Å². The minimum atomic E-state index is -4.77. The molecule has 26 heavy (non-hydrogen) atoms. The quantitative estimate of drug-likeness (QED) is 0.640. The van der Waals surface area contributed by atoms with E-state index in [1.165, 1.54) is 12.1 Å². The largest absolute Gasteiger partial charge is 0.435 e. The van der Waals surface area contributed by atoms with Crippen LogP contribution in [0, 0.1) is 13.8 Å². The van der Waals surface area contributed by atoms with Gasteiger partial charge in [-0.3, -0.25) is 9.89 Å².